The van der Waals surface area contributed by atoms with Crippen LogP contribution < -0.4 is 5.32 Å². The highest BCUT2D eigenvalue weighted by molar-refractivity contribution is 7.98. The van der Waals surface area contributed by atoms with Crippen LogP contribution in [0.3, 0.4) is 0 Å². The molecule has 7 heteroatoms. The summed E-state index contributed by atoms with van der Waals surface area (Å²) in [6, 6.07) is 13.2. The Labute approximate surface area is 161 Å². The fourth-order valence-corrected chi connectivity index (χ4v) is 2.91. The number of halogens is 2. The summed E-state index contributed by atoms with van der Waals surface area (Å²) in [4.78, 5) is 17.9. The Balaban J connectivity index is 1.67. The minimum atomic E-state index is -0.236. The minimum Gasteiger partial charge on any atom is -0.386 e. The Hall–Kier alpha value is -1.69. The number of carbonyl (C=O) groups excluding carboxylic acids is 1. The summed E-state index contributed by atoms with van der Waals surface area (Å²) in [5, 5.41) is 7.74. The van der Waals surface area contributed by atoms with Crippen LogP contribution in [-0.4, -0.2) is 31.5 Å². The van der Waals surface area contributed by atoms with Gasteiger partial charge in [-0.25, -0.2) is 0 Å². The van der Waals surface area contributed by atoms with Gasteiger partial charge in [0.05, 0.1) is 6.21 Å². The van der Waals surface area contributed by atoms with E-state index >= 15 is 0 Å². The third-order valence-electron chi connectivity index (χ3n) is 3.32. The molecule has 4 nitrogen and oxygen atoms in total. The Kier molecular flexibility index (Phi) is 8.12. The molecular weight excluding hydrogens is 379 g/mol. The maximum absolute atomic E-state index is 11.7. The molecule has 0 bridgehead atoms. The Morgan fingerprint density at radius 3 is 2.68 bits per heavy atom. The van der Waals surface area contributed by atoms with E-state index < -0.39 is 0 Å². The lowest BCUT2D eigenvalue weighted by atomic mass is 10.1. The zero-order valence-electron chi connectivity index (χ0n) is 13.7. The Morgan fingerprint density at radius 2 is 2.00 bits per heavy atom. The van der Waals surface area contributed by atoms with Gasteiger partial charge in [-0.05, 0) is 48.1 Å². The summed E-state index contributed by atoms with van der Waals surface area (Å²) in [5.41, 5.74) is 1.84. The highest BCUT2D eigenvalue weighted by atomic mass is 35.5. The van der Waals surface area contributed by atoms with Crippen LogP contribution in [0.5, 0.6) is 0 Å². The van der Waals surface area contributed by atoms with Crippen LogP contribution >= 0.6 is 35.0 Å². The van der Waals surface area contributed by atoms with E-state index in [1.54, 1.807) is 30.1 Å². The molecule has 0 saturated carbocycles. The van der Waals surface area contributed by atoms with Gasteiger partial charge in [-0.15, -0.1) is 11.8 Å². The van der Waals surface area contributed by atoms with E-state index in [2.05, 4.69) is 10.5 Å². The van der Waals surface area contributed by atoms with Crippen LogP contribution in [-0.2, 0) is 16.1 Å². The first-order valence-electron chi connectivity index (χ1n) is 7.58. The summed E-state index contributed by atoms with van der Waals surface area (Å²) >= 11 is 13.6. The number of thioether (sulfide) groups is 1. The molecule has 0 atom stereocenters. The molecule has 0 heterocycles. The number of oxime groups is 1. The molecule has 0 aliphatic carbocycles. The smallest absolute Gasteiger partial charge is 0.260 e. The normalized spacial score (nSPS) is 10.8. The third-order valence-corrected chi connectivity index (χ3v) is 4.65. The molecule has 0 aromatic heterocycles. The van der Waals surface area contributed by atoms with Crippen molar-refractivity contribution in [3.8, 4) is 0 Å². The second-order valence-corrected chi connectivity index (χ2v) is 6.84. The van der Waals surface area contributed by atoms with Gasteiger partial charge < -0.3 is 10.2 Å². The number of amides is 1. The summed E-state index contributed by atoms with van der Waals surface area (Å²) in [5.74, 6) is -0.236. The van der Waals surface area contributed by atoms with Crippen molar-refractivity contribution in [3.63, 3.8) is 0 Å². The van der Waals surface area contributed by atoms with Crippen LogP contribution in [0.4, 0.5) is 0 Å². The molecule has 1 N–H and O–H groups in total. The molecule has 2 aromatic rings. The zero-order valence-corrected chi connectivity index (χ0v) is 16.0. The van der Waals surface area contributed by atoms with Crippen molar-refractivity contribution >= 4 is 47.1 Å². The zero-order chi connectivity index (χ0) is 18.1. The second kappa shape index (κ2) is 10.3. The Morgan fingerprint density at radius 1 is 1.24 bits per heavy atom. The maximum atomic E-state index is 11.7. The van der Waals surface area contributed by atoms with Gasteiger partial charge in [0.1, 0.15) is 0 Å². The van der Waals surface area contributed by atoms with Gasteiger partial charge in [-0.3, -0.25) is 4.79 Å². The number of hydrogen-bond donors (Lipinski definition) is 1. The highest BCUT2D eigenvalue weighted by Gasteiger charge is 2.04. The van der Waals surface area contributed by atoms with Gasteiger partial charge in [0.2, 0.25) is 0 Å². The van der Waals surface area contributed by atoms with Gasteiger partial charge in [0.25, 0.3) is 5.91 Å². The SMILES string of the molecule is CSc1ccc(/C=N\OCC(=O)NCCc2ccc(Cl)cc2Cl)cc1. The predicted molar refractivity (Wildman–Crippen MR) is 105 cm³/mol. The van der Waals surface area contributed by atoms with E-state index in [1.807, 2.05) is 36.6 Å². The van der Waals surface area contributed by atoms with Gasteiger partial charge in [-0.1, -0.05) is 46.6 Å². The molecule has 0 spiro atoms. The molecule has 1 amide bonds. The molecule has 132 valence electrons. The lowest BCUT2D eigenvalue weighted by Gasteiger charge is -2.06. The van der Waals surface area contributed by atoms with Crippen molar-refractivity contribution in [1.82, 2.24) is 5.32 Å². The fourth-order valence-electron chi connectivity index (χ4n) is 2.00. The van der Waals surface area contributed by atoms with Crippen LogP contribution in [0.2, 0.25) is 10.0 Å². The average molecular weight is 397 g/mol. The molecule has 0 aliphatic rings. The fraction of sp³-hybridized carbons (Fsp3) is 0.222. The van der Waals surface area contributed by atoms with Crippen molar-refractivity contribution in [3.05, 3.63) is 63.6 Å². The highest BCUT2D eigenvalue weighted by Crippen LogP contribution is 2.21. The summed E-state index contributed by atoms with van der Waals surface area (Å²) in [7, 11) is 0. The molecule has 0 radical (unpaired) electrons. The number of nitrogens with zero attached hydrogens (tertiary/aromatic N) is 1. The van der Waals surface area contributed by atoms with Gasteiger partial charge in [0.15, 0.2) is 6.61 Å². The van der Waals surface area contributed by atoms with Crippen molar-refractivity contribution < 1.29 is 9.63 Å². The van der Waals surface area contributed by atoms with Crippen LogP contribution in [0.15, 0.2) is 52.5 Å². The third kappa shape index (κ3) is 6.98. The van der Waals surface area contributed by atoms with Crippen LogP contribution in [0.25, 0.3) is 0 Å². The average Bonchev–Trinajstić information content (AvgIpc) is 2.61. The molecule has 0 aliphatic heterocycles. The molecule has 2 rings (SSSR count). The van der Waals surface area contributed by atoms with Crippen LogP contribution in [0, 0.1) is 0 Å². The second-order valence-electron chi connectivity index (χ2n) is 5.12. The van der Waals surface area contributed by atoms with E-state index in [1.165, 1.54) is 4.90 Å². The van der Waals surface area contributed by atoms with E-state index in [9.17, 15) is 4.79 Å². The molecule has 0 unspecified atom stereocenters. The lowest BCUT2D eigenvalue weighted by molar-refractivity contribution is -0.125. The first kappa shape index (κ1) is 19.6. The number of hydrogen-bond acceptors (Lipinski definition) is 4. The van der Waals surface area contributed by atoms with Crippen molar-refractivity contribution in [2.45, 2.75) is 11.3 Å². The quantitative estimate of drug-likeness (QED) is 0.408. The minimum absolute atomic E-state index is 0.131. The first-order valence-corrected chi connectivity index (χ1v) is 9.56. The lowest BCUT2D eigenvalue weighted by Crippen LogP contribution is -2.28. The summed E-state index contributed by atoms with van der Waals surface area (Å²) < 4.78 is 0. The first-order chi connectivity index (χ1) is 12.1. The maximum Gasteiger partial charge on any atom is 0.260 e. The largest absolute Gasteiger partial charge is 0.386 e. The molecular formula is C18H18Cl2N2O2S. The molecule has 2 aromatic carbocycles. The van der Waals surface area contributed by atoms with Gasteiger partial charge >= 0.3 is 0 Å². The van der Waals surface area contributed by atoms with Crippen molar-refractivity contribution in [2.75, 3.05) is 19.4 Å². The van der Waals surface area contributed by atoms with Crippen molar-refractivity contribution in [2.24, 2.45) is 5.16 Å². The standard InChI is InChI=1S/C18H18Cl2N2O2S/c1-25-16-6-2-13(3-7-16)11-22-24-12-18(23)21-9-8-14-4-5-15(19)10-17(14)20/h2-7,10-11H,8-9,12H2,1H3,(H,21,23)/b22-11-. The van der Waals surface area contributed by atoms with E-state index in [-0.39, 0.29) is 12.5 Å². The van der Waals surface area contributed by atoms with Crippen LogP contribution in [0.1, 0.15) is 11.1 Å². The van der Waals surface area contributed by atoms with E-state index in [0.29, 0.717) is 23.0 Å². The van der Waals surface area contributed by atoms with E-state index in [4.69, 9.17) is 28.0 Å². The number of carbonyl (C=O) groups is 1. The van der Waals surface area contributed by atoms with Gasteiger partial charge in [0, 0.05) is 21.5 Å². The van der Waals surface area contributed by atoms with E-state index in [0.717, 1.165) is 11.1 Å². The number of benzene rings is 2. The molecule has 0 saturated heterocycles. The summed E-state index contributed by atoms with van der Waals surface area (Å²) in [6.45, 7) is 0.331. The van der Waals surface area contributed by atoms with Gasteiger partial charge in [-0.2, -0.15) is 0 Å². The Bertz CT molecular complexity index is 736. The summed E-state index contributed by atoms with van der Waals surface area (Å²) in [6.07, 6.45) is 4.21. The predicted octanol–water partition coefficient (Wildman–Crippen LogP) is 4.42. The number of nitrogens with one attached hydrogen (secondary N) is 1. The molecule has 25 heavy (non-hydrogen) atoms. The van der Waals surface area contributed by atoms with Crippen molar-refractivity contribution in [1.29, 1.82) is 0 Å². The monoisotopic (exact) mass is 396 g/mol. The molecule has 0 fully saturated rings. The number of rotatable bonds is 8. The topological polar surface area (TPSA) is 50.7 Å².